The number of hydrogen-bond donors (Lipinski definition) is 8. The van der Waals surface area contributed by atoms with Crippen molar-refractivity contribution in [3.05, 3.63) is 41.1 Å². The van der Waals surface area contributed by atoms with Gasteiger partial charge in [-0.05, 0) is 62.8 Å². The first-order chi connectivity index (χ1) is 30.8. The van der Waals surface area contributed by atoms with Gasteiger partial charge in [-0.25, -0.2) is 23.9 Å². The number of benzene rings is 1. The topological polar surface area (TPSA) is 364 Å². The Labute approximate surface area is 373 Å². The van der Waals surface area contributed by atoms with Gasteiger partial charge in [-0.2, -0.15) is 13.1 Å². The number of anilines is 1. The normalized spacial score (nSPS) is 12.5. The fourth-order valence-electron chi connectivity index (χ4n) is 5.13. The summed E-state index contributed by atoms with van der Waals surface area (Å²) in [4.78, 5) is 125. The number of urea groups is 1. The minimum atomic E-state index is -4.35. The second-order valence-corrected chi connectivity index (χ2v) is 15.4. The lowest BCUT2D eigenvalue weighted by Gasteiger charge is -2.20. The van der Waals surface area contributed by atoms with Crippen LogP contribution in [0, 0.1) is 0 Å². The van der Waals surface area contributed by atoms with Gasteiger partial charge in [0.1, 0.15) is 25.0 Å². The van der Waals surface area contributed by atoms with E-state index in [2.05, 4.69) is 26.6 Å². The van der Waals surface area contributed by atoms with Gasteiger partial charge in [-0.15, -0.1) is 5.06 Å². The van der Waals surface area contributed by atoms with Crippen molar-refractivity contribution in [2.24, 2.45) is 5.73 Å². The first-order valence-corrected chi connectivity index (χ1v) is 21.6. The Morgan fingerprint density at radius 1 is 0.769 bits per heavy atom. The number of nitrogens with one attached hydrogen (secondary N) is 7. The fourth-order valence-corrected chi connectivity index (χ4v) is 5.84. The lowest BCUT2D eigenvalue weighted by atomic mass is 10.1. The van der Waals surface area contributed by atoms with Gasteiger partial charge in [0.2, 0.25) is 11.8 Å². The summed E-state index contributed by atoms with van der Waals surface area (Å²) >= 11 is 0. The van der Waals surface area contributed by atoms with E-state index >= 15 is 0 Å². The quantitative estimate of drug-likeness (QED) is 0.0173. The molecule has 0 saturated carbocycles. The molecule has 0 radical (unpaired) electrons. The Kier molecular flexibility index (Phi) is 24.0. The lowest BCUT2D eigenvalue weighted by Crippen LogP contribution is -2.47. The van der Waals surface area contributed by atoms with Crippen LogP contribution in [0.2, 0.25) is 0 Å². The molecule has 65 heavy (non-hydrogen) atoms. The van der Waals surface area contributed by atoms with Crippen molar-refractivity contribution < 1.29 is 80.1 Å². The molecule has 0 bridgehead atoms. The number of carbonyl (C=O) groups excluding carboxylic acids is 10. The number of imide groups is 1. The third-order valence-electron chi connectivity index (χ3n) is 8.29. The Bertz CT molecular complexity index is 1990. The van der Waals surface area contributed by atoms with Crippen LogP contribution in [0.4, 0.5) is 20.1 Å². The molecule has 9 amide bonds. The third kappa shape index (κ3) is 23.4. The van der Waals surface area contributed by atoms with Gasteiger partial charge in [0.05, 0.1) is 19.8 Å². The molecule has 1 saturated heterocycles. The zero-order valence-corrected chi connectivity index (χ0v) is 36.9. The SMILES string of the molecule is CC(=O)OCc1ccc(NC(=O)[C@@H](CCCNC(N)=O)NC(=O)C(NC(=O)OCCOCCNS(=O)(=O)NC(=O)OCCCNC(=O)CCCC(=O)ON2C(=O)CCC2=O)=C(C)C)cc1. The molecule has 26 nitrogen and oxygen atoms in total. The molecule has 0 unspecified atom stereocenters. The zero-order valence-electron chi connectivity index (χ0n) is 36.1. The van der Waals surface area contributed by atoms with Gasteiger partial charge in [-0.3, -0.25) is 34.1 Å². The minimum absolute atomic E-state index is 0.0380. The number of carbonyl (C=O) groups is 10. The second kappa shape index (κ2) is 28.7. The van der Waals surface area contributed by atoms with Gasteiger partial charge < -0.3 is 50.8 Å². The van der Waals surface area contributed by atoms with Gasteiger partial charge >= 0.3 is 40.4 Å². The molecule has 1 heterocycles. The number of hydrogen-bond acceptors (Lipinski definition) is 17. The first-order valence-electron chi connectivity index (χ1n) is 20.1. The molecule has 1 aromatic carbocycles. The van der Waals surface area contributed by atoms with E-state index in [1.165, 1.54) is 20.8 Å². The molecule has 1 fully saturated rings. The maximum atomic E-state index is 13.3. The van der Waals surface area contributed by atoms with Crippen LogP contribution in [0.15, 0.2) is 35.5 Å². The molecule has 1 atom stereocenters. The molecule has 0 spiro atoms. The zero-order chi connectivity index (χ0) is 48.4. The van der Waals surface area contributed by atoms with Crippen LogP contribution in [0.1, 0.15) is 77.7 Å². The number of nitrogens with two attached hydrogens (primary N) is 1. The highest BCUT2D eigenvalue weighted by Gasteiger charge is 2.32. The van der Waals surface area contributed by atoms with Crippen molar-refractivity contribution >= 4 is 75.6 Å². The van der Waals surface area contributed by atoms with Crippen LogP contribution in [-0.2, 0) is 74.2 Å². The smallest absolute Gasteiger partial charge is 0.421 e. The summed E-state index contributed by atoms with van der Waals surface area (Å²) in [5.41, 5.74) is 6.30. The van der Waals surface area contributed by atoms with Crippen molar-refractivity contribution in [2.45, 2.75) is 84.8 Å². The molecule has 1 aliphatic rings. The van der Waals surface area contributed by atoms with E-state index in [4.69, 9.17) is 29.5 Å². The summed E-state index contributed by atoms with van der Waals surface area (Å²) in [6, 6.07) is 4.51. The minimum Gasteiger partial charge on any atom is -0.461 e. The number of allylic oxidation sites excluding steroid dienone is 1. The van der Waals surface area contributed by atoms with E-state index in [0.717, 1.165) is 0 Å². The summed E-state index contributed by atoms with van der Waals surface area (Å²) in [7, 11) is -4.35. The number of hydroxylamine groups is 2. The standard InChI is InChI=1S/C38H55N9O17S/c1-24(2)33(35(54)44-28(7-5-16-41-36(39)55)34(53)43-27-12-10-26(11-13-27)23-63-25(3)48)45-37(56)62-22-21-60-20-18-42-65(58,59)46-38(57)61-19-6-17-40-29(49)8-4-9-32(52)64-47-30(50)14-15-31(47)51/h10-13,28,42H,4-9,14-23H2,1-3H3,(H,40,49)(H,43,53)(H,44,54)(H,45,56)(H,46,57)(H3,39,41,55)/t28-/m1/s1. The van der Waals surface area contributed by atoms with Gasteiger partial charge in [0.15, 0.2) is 0 Å². The second-order valence-electron chi connectivity index (χ2n) is 13.9. The van der Waals surface area contributed by atoms with E-state index in [0.29, 0.717) is 21.9 Å². The average Bonchev–Trinajstić information content (AvgIpc) is 3.54. The number of rotatable bonds is 28. The lowest BCUT2D eigenvalue weighted by molar-refractivity contribution is -0.197. The number of alkyl carbamates (subject to hydrolysis) is 1. The van der Waals surface area contributed by atoms with E-state index in [-0.39, 0.29) is 110 Å². The molecule has 1 aliphatic heterocycles. The van der Waals surface area contributed by atoms with Crippen LogP contribution in [0.3, 0.4) is 0 Å². The Morgan fingerprint density at radius 2 is 1.43 bits per heavy atom. The molecule has 27 heteroatoms. The monoisotopic (exact) mass is 941 g/mol. The summed E-state index contributed by atoms with van der Waals surface area (Å²) in [5.74, 6) is -4.39. The van der Waals surface area contributed by atoms with E-state index < -0.39 is 75.9 Å². The summed E-state index contributed by atoms with van der Waals surface area (Å²) < 4.78 is 48.0. The average molecular weight is 942 g/mol. The van der Waals surface area contributed by atoms with Crippen molar-refractivity contribution in [3.63, 3.8) is 0 Å². The van der Waals surface area contributed by atoms with Crippen LogP contribution in [0.5, 0.6) is 0 Å². The summed E-state index contributed by atoms with van der Waals surface area (Å²) in [6.07, 6.45) is -2.19. The molecule has 360 valence electrons. The molecular weight excluding hydrogens is 887 g/mol. The maximum absolute atomic E-state index is 13.3. The van der Waals surface area contributed by atoms with Gasteiger partial charge in [-0.1, -0.05) is 12.1 Å². The number of nitrogens with zero attached hydrogens (tertiary/aromatic N) is 1. The van der Waals surface area contributed by atoms with Gasteiger partial charge in [0, 0.05) is 57.9 Å². The van der Waals surface area contributed by atoms with Crippen LogP contribution in [0.25, 0.3) is 0 Å². The molecule has 0 aliphatic carbocycles. The Balaban J connectivity index is 1.66. The van der Waals surface area contributed by atoms with E-state index in [1.807, 2.05) is 4.72 Å². The molecule has 9 N–H and O–H groups in total. The van der Waals surface area contributed by atoms with Gasteiger partial charge in [0.25, 0.3) is 17.7 Å². The Hall–Kier alpha value is -6.87. The highest BCUT2D eigenvalue weighted by Crippen LogP contribution is 2.14. The first kappa shape index (κ1) is 54.3. The van der Waals surface area contributed by atoms with Crippen molar-refractivity contribution in [2.75, 3.05) is 51.4 Å². The Morgan fingerprint density at radius 3 is 2.08 bits per heavy atom. The van der Waals surface area contributed by atoms with Crippen molar-refractivity contribution in [1.29, 1.82) is 0 Å². The van der Waals surface area contributed by atoms with Crippen molar-refractivity contribution in [1.82, 2.24) is 35.8 Å². The van der Waals surface area contributed by atoms with Crippen LogP contribution >= 0.6 is 0 Å². The summed E-state index contributed by atoms with van der Waals surface area (Å²) in [6.45, 7) is 3.26. The molecule has 0 aromatic heterocycles. The summed E-state index contributed by atoms with van der Waals surface area (Å²) in [5, 5.41) is 12.9. The number of ether oxygens (including phenoxy) is 4. The fraction of sp³-hybridized carbons (Fsp3) is 0.526. The van der Waals surface area contributed by atoms with Crippen LogP contribution in [-0.4, -0.2) is 125 Å². The molecular formula is C38H55N9O17S. The molecule has 1 aromatic rings. The van der Waals surface area contributed by atoms with Crippen molar-refractivity contribution in [3.8, 4) is 0 Å². The predicted molar refractivity (Wildman–Crippen MR) is 223 cm³/mol. The predicted octanol–water partition coefficient (Wildman–Crippen LogP) is -0.497. The van der Waals surface area contributed by atoms with E-state index in [9.17, 15) is 56.4 Å². The largest absolute Gasteiger partial charge is 0.461 e. The maximum Gasteiger partial charge on any atom is 0.421 e. The van der Waals surface area contributed by atoms with E-state index in [1.54, 1.807) is 29.0 Å². The number of esters is 1. The molecule has 2 rings (SSSR count). The van der Waals surface area contributed by atoms with Crippen LogP contribution < -0.4 is 41.8 Å². The highest BCUT2D eigenvalue weighted by atomic mass is 32.2. The number of amides is 9. The number of primary amides is 1. The third-order valence-corrected chi connectivity index (χ3v) is 9.30. The highest BCUT2D eigenvalue weighted by molar-refractivity contribution is 7.88.